The summed E-state index contributed by atoms with van der Waals surface area (Å²) in [6.45, 7) is 4.86. The lowest BCUT2D eigenvalue weighted by atomic mass is 10.1. The lowest BCUT2D eigenvalue weighted by molar-refractivity contribution is -0.139. The summed E-state index contributed by atoms with van der Waals surface area (Å²) in [5.74, 6) is -1.12. The predicted molar refractivity (Wildman–Crippen MR) is 152 cm³/mol. The van der Waals surface area contributed by atoms with Crippen LogP contribution in [0.2, 0.25) is 0 Å². The first-order valence-electron chi connectivity index (χ1n) is 13.3. The summed E-state index contributed by atoms with van der Waals surface area (Å²) < 4.78 is 69.0. The molecule has 7 nitrogen and oxygen atoms in total. The van der Waals surface area contributed by atoms with Gasteiger partial charge in [0.2, 0.25) is 11.8 Å². The first kappa shape index (κ1) is 31.7. The topological polar surface area (TPSA) is 86.8 Å². The van der Waals surface area contributed by atoms with Gasteiger partial charge in [0.1, 0.15) is 12.6 Å². The average molecular weight is 590 g/mol. The Morgan fingerprint density at radius 3 is 2.17 bits per heavy atom. The number of anilines is 1. The van der Waals surface area contributed by atoms with Gasteiger partial charge < -0.3 is 10.2 Å². The van der Waals surface area contributed by atoms with Crippen LogP contribution in [-0.2, 0) is 32.2 Å². The quantitative estimate of drug-likeness (QED) is 0.315. The molecule has 0 unspecified atom stereocenters. The molecule has 2 amide bonds. The molecule has 3 aromatic rings. The Labute approximate surface area is 239 Å². The number of likely N-dealkylation sites (N-methyl/N-ethyl adjacent to an activating group) is 1. The largest absolute Gasteiger partial charge is 0.416 e. The Kier molecular flexibility index (Phi) is 10.6. The summed E-state index contributed by atoms with van der Waals surface area (Å²) in [6, 6.07) is 18.0. The lowest BCUT2D eigenvalue weighted by Gasteiger charge is -2.33. The van der Waals surface area contributed by atoms with Gasteiger partial charge in [-0.1, -0.05) is 61.0 Å². The average Bonchev–Trinajstić information content (AvgIpc) is 2.94. The predicted octanol–water partition coefficient (Wildman–Crippen LogP) is 5.20. The zero-order valence-electron chi connectivity index (χ0n) is 23.2. The summed E-state index contributed by atoms with van der Waals surface area (Å²) in [4.78, 5) is 27.9. The molecule has 41 heavy (non-hydrogen) atoms. The molecule has 0 saturated carbocycles. The van der Waals surface area contributed by atoms with Crippen molar-refractivity contribution in [1.29, 1.82) is 0 Å². The summed E-state index contributed by atoms with van der Waals surface area (Å²) >= 11 is 0. The maximum atomic E-state index is 13.9. The third-order valence-corrected chi connectivity index (χ3v) is 8.36. The molecule has 0 bridgehead atoms. The van der Waals surface area contributed by atoms with E-state index >= 15 is 0 Å². The third-order valence-electron chi connectivity index (χ3n) is 6.57. The van der Waals surface area contributed by atoms with Crippen molar-refractivity contribution < 1.29 is 31.2 Å². The van der Waals surface area contributed by atoms with Crippen molar-refractivity contribution in [2.45, 2.75) is 50.7 Å². The molecule has 0 spiro atoms. The Morgan fingerprint density at radius 2 is 1.59 bits per heavy atom. The number of halogens is 3. The number of rotatable bonds is 12. The van der Waals surface area contributed by atoms with Crippen LogP contribution in [0.1, 0.15) is 37.0 Å². The van der Waals surface area contributed by atoms with Gasteiger partial charge in [0.25, 0.3) is 10.0 Å². The van der Waals surface area contributed by atoms with Gasteiger partial charge in [-0.3, -0.25) is 13.9 Å². The molecule has 0 fully saturated rings. The summed E-state index contributed by atoms with van der Waals surface area (Å²) in [7, 11) is -4.47. The van der Waals surface area contributed by atoms with E-state index in [1.165, 1.54) is 23.1 Å². The van der Waals surface area contributed by atoms with Crippen LogP contribution in [0.5, 0.6) is 0 Å². The Bertz CT molecular complexity index is 1430. The molecule has 0 saturated heterocycles. The van der Waals surface area contributed by atoms with Crippen molar-refractivity contribution in [2.75, 3.05) is 23.9 Å². The number of nitrogens with one attached hydrogen (secondary N) is 1. The summed E-state index contributed by atoms with van der Waals surface area (Å²) in [5.41, 5.74) is 0.313. The van der Waals surface area contributed by atoms with E-state index in [-0.39, 0.29) is 23.5 Å². The van der Waals surface area contributed by atoms with Gasteiger partial charge in [0, 0.05) is 13.1 Å². The van der Waals surface area contributed by atoms with E-state index in [2.05, 4.69) is 5.32 Å². The molecule has 0 aliphatic rings. The molecule has 220 valence electrons. The van der Waals surface area contributed by atoms with E-state index in [1.807, 2.05) is 30.3 Å². The minimum Gasteiger partial charge on any atom is -0.355 e. The van der Waals surface area contributed by atoms with Crippen LogP contribution in [0, 0.1) is 6.92 Å². The Hall–Kier alpha value is -3.86. The van der Waals surface area contributed by atoms with Crippen LogP contribution in [0.3, 0.4) is 0 Å². The highest BCUT2D eigenvalue weighted by molar-refractivity contribution is 7.92. The zero-order valence-corrected chi connectivity index (χ0v) is 24.0. The first-order valence-corrected chi connectivity index (χ1v) is 14.7. The minimum atomic E-state index is -4.73. The molecule has 3 aromatic carbocycles. The molecule has 0 radical (unpaired) electrons. The standard InChI is InChI=1S/C30H34F3N3O4S/c1-4-27(29(38)34-5-2)35(19-18-23-10-7-6-8-11-23)28(37)21-36(25-13-9-12-24(20-25)30(31,32)33)41(39,40)26-16-14-22(3)15-17-26/h6-17,20,27H,4-5,18-19,21H2,1-3H3,(H,34,38)/t27-/m1/s1. The van der Waals surface area contributed by atoms with Gasteiger partial charge in [0.15, 0.2) is 0 Å². The van der Waals surface area contributed by atoms with Crippen molar-refractivity contribution in [3.63, 3.8) is 0 Å². The van der Waals surface area contributed by atoms with Gasteiger partial charge in [-0.25, -0.2) is 8.42 Å². The number of hydrogen-bond donors (Lipinski definition) is 1. The number of sulfonamides is 1. The lowest BCUT2D eigenvalue weighted by Crippen LogP contribution is -2.53. The fourth-order valence-electron chi connectivity index (χ4n) is 4.39. The second-order valence-electron chi connectivity index (χ2n) is 9.51. The van der Waals surface area contributed by atoms with Crippen LogP contribution < -0.4 is 9.62 Å². The molecular weight excluding hydrogens is 555 g/mol. The van der Waals surface area contributed by atoms with Crippen LogP contribution >= 0.6 is 0 Å². The van der Waals surface area contributed by atoms with E-state index in [1.54, 1.807) is 32.9 Å². The highest BCUT2D eigenvalue weighted by Crippen LogP contribution is 2.33. The second kappa shape index (κ2) is 13.7. The van der Waals surface area contributed by atoms with E-state index < -0.39 is 46.2 Å². The van der Waals surface area contributed by atoms with Gasteiger partial charge in [0.05, 0.1) is 16.1 Å². The van der Waals surface area contributed by atoms with E-state index in [0.29, 0.717) is 23.3 Å². The molecule has 1 atom stereocenters. The van der Waals surface area contributed by atoms with E-state index in [4.69, 9.17) is 0 Å². The van der Waals surface area contributed by atoms with Crippen molar-refractivity contribution in [3.05, 3.63) is 95.6 Å². The number of nitrogens with zero attached hydrogens (tertiary/aromatic N) is 2. The molecular formula is C30H34F3N3O4S. The highest BCUT2D eigenvalue weighted by atomic mass is 32.2. The maximum absolute atomic E-state index is 13.9. The van der Waals surface area contributed by atoms with Crippen molar-refractivity contribution in [1.82, 2.24) is 10.2 Å². The fraction of sp³-hybridized carbons (Fsp3) is 0.333. The smallest absolute Gasteiger partial charge is 0.355 e. The van der Waals surface area contributed by atoms with Crippen molar-refractivity contribution in [3.8, 4) is 0 Å². The van der Waals surface area contributed by atoms with Crippen LogP contribution in [0.4, 0.5) is 18.9 Å². The number of alkyl halides is 3. The SMILES string of the molecule is CCNC(=O)[C@@H](CC)N(CCc1ccccc1)C(=O)CN(c1cccc(C(F)(F)F)c1)S(=O)(=O)c1ccc(C)cc1. The van der Waals surface area contributed by atoms with Gasteiger partial charge in [-0.15, -0.1) is 0 Å². The fourth-order valence-corrected chi connectivity index (χ4v) is 5.80. The normalized spacial score (nSPS) is 12.4. The Morgan fingerprint density at radius 1 is 0.927 bits per heavy atom. The molecule has 0 aromatic heterocycles. The number of aryl methyl sites for hydroxylation is 1. The Balaban J connectivity index is 2.07. The van der Waals surface area contributed by atoms with Gasteiger partial charge >= 0.3 is 6.18 Å². The van der Waals surface area contributed by atoms with Crippen LogP contribution in [-0.4, -0.2) is 50.8 Å². The molecule has 0 aliphatic carbocycles. The monoisotopic (exact) mass is 589 g/mol. The third kappa shape index (κ3) is 8.09. The summed E-state index contributed by atoms with van der Waals surface area (Å²) in [5, 5.41) is 2.71. The highest BCUT2D eigenvalue weighted by Gasteiger charge is 2.35. The van der Waals surface area contributed by atoms with Crippen molar-refractivity contribution in [2.24, 2.45) is 0 Å². The molecule has 11 heteroatoms. The first-order chi connectivity index (χ1) is 19.4. The molecule has 3 rings (SSSR count). The summed E-state index contributed by atoms with van der Waals surface area (Å²) in [6.07, 6.45) is -4.09. The number of amides is 2. The second-order valence-corrected chi connectivity index (χ2v) is 11.4. The number of benzene rings is 3. The van der Waals surface area contributed by atoms with Crippen LogP contribution in [0.25, 0.3) is 0 Å². The van der Waals surface area contributed by atoms with Crippen LogP contribution in [0.15, 0.2) is 83.8 Å². The molecule has 1 N–H and O–H groups in total. The maximum Gasteiger partial charge on any atom is 0.416 e. The minimum absolute atomic E-state index is 0.0967. The number of carbonyl (C=O) groups excluding carboxylic acids is 2. The molecule has 0 aliphatic heterocycles. The molecule has 0 heterocycles. The van der Waals surface area contributed by atoms with Gasteiger partial charge in [-0.2, -0.15) is 13.2 Å². The number of hydrogen-bond acceptors (Lipinski definition) is 4. The zero-order chi connectivity index (χ0) is 30.2. The van der Waals surface area contributed by atoms with E-state index in [9.17, 15) is 31.2 Å². The number of carbonyl (C=O) groups is 2. The van der Waals surface area contributed by atoms with Crippen molar-refractivity contribution >= 4 is 27.5 Å². The van der Waals surface area contributed by atoms with Gasteiger partial charge in [-0.05, 0) is 62.6 Å². The van der Waals surface area contributed by atoms with E-state index in [0.717, 1.165) is 23.3 Å².